The number of benzene rings is 2. The standard InChI is InChI=1S/C19H21FN2O2/c1-3-15-6-4-5-7-18(15)22(14(2)23)13-12-19(24)21-17-10-8-16(20)9-11-17/h4-11H,3,12-13H2,1-2H3,(H,21,24). The molecule has 126 valence electrons. The summed E-state index contributed by atoms with van der Waals surface area (Å²) in [4.78, 5) is 25.7. The highest BCUT2D eigenvalue weighted by Gasteiger charge is 2.16. The molecule has 0 bridgehead atoms. The van der Waals surface area contributed by atoms with Gasteiger partial charge in [-0.3, -0.25) is 9.59 Å². The molecule has 2 amide bonds. The van der Waals surface area contributed by atoms with Crippen molar-refractivity contribution in [3.63, 3.8) is 0 Å². The van der Waals surface area contributed by atoms with Gasteiger partial charge in [0.05, 0.1) is 0 Å². The smallest absolute Gasteiger partial charge is 0.226 e. The van der Waals surface area contributed by atoms with Gasteiger partial charge in [-0.2, -0.15) is 0 Å². The minimum atomic E-state index is -0.355. The molecule has 2 aromatic rings. The summed E-state index contributed by atoms with van der Waals surface area (Å²) in [6.07, 6.45) is 0.969. The van der Waals surface area contributed by atoms with Crippen molar-refractivity contribution in [2.45, 2.75) is 26.7 Å². The van der Waals surface area contributed by atoms with Crippen LogP contribution in [0.5, 0.6) is 0 Å². The van der Waals surface area contributed by atoms with Crippen molar-refractivity contribution in [3.05, 3.63) is 59.9 Å². The highest BCUT2D eigenvalue weighted by Crippen LogP contribution is 2.21. The predicted octanol–water partition coefficient (Wildman–Crippen LogP) is 3.77. The summed E-state index contributed by atoms with van der Waals surface area (Å²) in [7, 11) is 0. The number of nitrogens with zero attached hydrogens (tertiary/aromatic N) is 1. The van der Waals surface area contributed by atoms with Crippen molar-refractivity contribution in [3.8, 4) is 0 Å². The molecule has 0 aliphatic heterocycles. The number of halogens is 1. The molecule has 0 saturated carbocycles. The number of carbonyl (C=O) groups is 2. The molecule has 0 spiro atoms. The summed E-state index contributed by atoms with van der Waals surface area (Å²) in [6.45, 7) is 3.81. The van der Waals surface area contributed by atoms with E-state index >= 15 is 0 Å². The monoisotopic (exact) mass is 328 g/mol. The van der Waals surface area contributed by atoms with E-state index in [1.165, 1.54) is 31.2 Å². The van der Waals surface area contributed by atoms with Crippen LogP contribution < -0.4 is 10.2 Å². The average Bonchev–Trinajstić information content (AvgIpc) is 2.57. The van der Waals surface area contributed by atoms with Crippen LogP contribution >= 0.6 is 0 Å². The second-order valence-corrected chi connectivity index (χ2v) is 5.46. The van der Waals surface area contributed by atoms with Crippen molar-refractivity contribution in [2.24, 2.45) is 0 Å². The number of anilines is 2. The van der Waals surface area contributed by atoms with E-state index in [-0.39, 0.29) is 24.1 Å². The molecule has 24 heavy (non-hydrogen) atoms. The Kier molecular flexibility index (Phi) is 6.07. The molecule has 0 fully saturated rings. The summed E-state index contributed by atoms with van der Waals surface area (Å²) in [5, 5.41) is 2.70. The van der Waals surface area contributed by atoms with E-state index in [9.17, 15) is 14.0 Å². The summed E-state index contributed by atoms with van der Waals surface area (Å²) in [5.74, 6) is -0.681. The van der Waals surface area contributed by atoms with Gasteiger partial charge in [-0.25, -0.2) is 4.39 Å². The molecule has 0 aromatic heterocycles. The molecule has 5 heteroatoms. The Labute approximate surface area is 141 Å². The van der Waals surface area contributed by atoms with E-state index in [0.29, 0.717) is 12.2 Å². The maximum Gasteiger partial charge on any atom is 0.226 e. The van der Waals surface area contributed by atoms with Crippen molar-refractivity contribution in [1.29, 1.82) is 0 Å². The molecule has 2 aromatic carbocycles. The van der Waals surface area contributed by atoms with E-state index in [1.54, 1.807) is 4.90 Å². The van der Waals surface area contributed by atoms with E-state index in [1.807, 2.05) is 31.2 Å². The quantitative estimate of drug-likeness (QED) is 0.877. The van der Waals surface area contributed by atoms with Crippen LogP contribution in [0.3, 0.4) is 0 Å². The van der Waals surface area contributed by atoms with Gasteiger partial charge in [-0.15, -0.1) is 0 Å². The summed E-state index contributed by atoms with van der Waals surface area (Å²) in [5.41, 5.74) is 2.43. The maximum absolute atomic E-state index is 12.9. The van der Waals surface area contributed by atoms with E-state index in [0.717, 1.165) is 17.7 Å². The fraction of sp³-hybridized carbons (Fsp3) is 0.263. The van der Waals surface area contributed by atoms with Gasteiger partial charge in [0.25, 0.3) is 0 Å². The van der Waals surface area contributed by atoms with Crippen LogP contribution in [-0.4, -0.2) is 18.4 Å². The van der Waals surface area contributed by atoms with Crippen LogP contribution in [0.15, 0.2) is 48.5 Å². The van der Waals surface area contributed by atoms with E-state index < -0.39 is 0 Å². The third-order valence-corrected chi connectivity index (χ3v) is 3.73. The molecule has 1 N–H and O–H groups in total. The third kappa shape index (κ3) is 4.65. The van der Waals surface area contributed by atoms with Crippen LogP contribution in [0.4, 0.5) is 15.8 Å². The lowest BCUT2D eigenvalue weighted by Crippen LogP contribution is -2.32. The maximum atomic E-state index is 12.9. The Bertz CT molecular complexity index is 714. The SMILES string of the molecule is CCc1ccccc1N(CCC(=O)Nc1ccc(F)cc1)C(C)=O. The van der Waals surface area contributed by atoms with Crippen LogP contribution in [0.1, 0.15) is 25.8 Å². The molecule has 0 atom stereocenters. The fourth-order valence-electron chi connectivity index (χ4n) is 2.49. The number of hydrogen-bond donors (Lipinski definition) is 1. The first-order valence-corrected chi connectivity index (χ1v) is 7.92. The number of para-hydroxylation sites is 1. The summed E-state index contributed by atoms with van der Waals surface area (Å²) in [6, 6.07) is 13.3. The van der Waals surface area contributed by atoms with Gasteiger partial charge in [-0.1, -0.05) is 25.1 Å². The molecule has 0 radical (unpaired) electrons. The first-order valence-electron chi connectivity index (χ1n) is 7.92. The molecule has 0 aliphatic rings. The highest BCUT2D eigenvalue weighted by atomic mass is 19.1. The topological polar surface area (TPSA) is 49.4 Å². The average molecular weight is 328 g/mol. The molecule has 0 unspecified atom stereocenters. The Morgan fingerprint density at radius 2 is 1.75 bits per heavy atom. The first-order chi connectivity index (χ1) is 11.5. The number of aryl methyl sites for hydroxylation is 1. The van der Waals surface area contributed by atoms with Crippen LogP contribution in [0, 0.1) is 5.82 Å². The largest absolute Gasteiger partial charge is 0.326 e. The van der Waals surface area contributed by atoms with Crippen molar-refractivity contribution < 1.29 is 14.0 Å². The molecule has 4 nitrogen and oxygen atoms in total. The number of hydrogen-bond acceptors (Lipinski definition) is 2. The highest BCUT2D eigenvalue weighted by molar-refractivity contribution is 5.95. The normalized spacial score (nSPS) is 10.3. The molecule has 0 aliphatic carbocycles. The van der Waals surface area contributed by atoms with Crippen molar-refractivity contribution in [1.82, 2.24) is 0 Å². The molecule has 0 saturated heterocycles. The second-order valence-electron chi connectivity index (χ2n) is 5.46. The molecular weight excluding hydrogens is 307 g/mol. The van der Waals surface area contributed by atoms with Crippen LogP contribution in [-0.2, 0) is 16.0 Å². The zero-order valence-corrected chi connectivity index (χ0v) is 13.9. The number of carbonyl (C=O) groups excluding carboxylic acids is 2. The van der Waals surface area contributed by atoms with Crippen molar-refractivity contribution in [2.75, 3.05) is 16.8 Å². The molecule has 0 heterocycles. The molecule has 2 rings (SSSR count). The number of nitrogens with one attached hydrogen (secondary N) is 1. The Morgan fingerprint density at radius 3 is 2.38 bits per heavy atom. The van der Waals surface area contributed by atoms with Crippen LogP contribution in [0.2, 0.25) is 0 Å². The van der Waals surface area contributed by atoms with Gasteiger partial charge in [0.15, 0.2) is 0 Å². The lowest BCUT2D eigenvalue weighted by atomic mass is 10.1. The van der Waals surface area contributed by atoms with Gasteiger partial charge in [0.2, 0.25) is 11.8 Å². The minimum Gasteiger partial charge on any atom is -0.326 e. The Morgan fingerprint density at radius 1 is 1.08 bits per heavy atom. The Hall–Kier alpha value is -2.69. The predicted molar refractivity (Wildman–Crippen MR) is 93.5 cm³/mol. The summed E-state index contributed by atoms with van der Waals surface area (Å²) < 4.78 is 12.9. The molecular formula is C19H21FN2O2. The van der Waals surface area contributed by atoms with Crippen molar-refractivity contribution >= 4 is 23.2 Å². The zero-order chi connectivity index (χ0) is 17.5. The van der Waals surface area contributed by atoms with Gasteiger partial charge in [0.1, 0.15) is 5.82 Å². The lowest BCUT2D eigenvalue weighted by molar-refractivity contribution is -0.117. The first kappa shape index (κ1) is 17.7. The van der Waals surface area contributed by atoms with Crippen LogP contribution in [0.25, 0.3) is 0 Å². The second kappa shape index (κ2) is 8.24. The third-order valence-electron chi connectivity index (χ3n) is 3.73. The summed E-state index contributed by atoms with van der Waals surface area (Å²) >= 11 is 0. The minimum absolute atomic E-state index is 0.106. The van der Waals surface area contributed by atoms with E-state index in [2.05, 4.69) is 5.32 Å². The number of amides is 2. The number of rotatable bonds is 6. The lowest BCUT2D eigenvalue weighted by Gasteiger charge is -2.23. The fourth-order valence-corrected chi connectivity index (χ4v) is 2.49. The van der Waals surface area contributed by atoms with Gasteiger partial charge in [0, 0.05) is 31.3 Å². The Balaban J connectivity index is 2.02. The van der Waals surface area contributed by atoms with E-state index in [4.69, 9.17) is 0 Å². The van der Waals surface area contributed by atoms with Gasteiger partial charge >= 0.3 is 0 Å². The zero-order valence-electron chi connectivity index (χ0n) is 13.9. The van der Waals surface area contributed by atoms with Gasteiger partial charge < -0.3 is 10.2 Å². The van der Waals surface area contributed by atoms with Gasteiger partial charge in [-0.05, 0) is 42.3 Å².